The third-order valence-corrected chi connectivity index (χ3v) is 5.65. The average Bonchev–Trinajstić information content (AvgIpc) is 3.29. The van der Waals surface area contributed by atoms with Crippen LogP contribution in [-0.4, -0.2) is 27.0 Å². The first-order valence-corrected chi connectivity index (χ1v) is 9.67. The van der Waals surface area contributed by atoms with Crippen molar-refractivity contribution in [2.24, 2.45) is 0 Å². The first kappa shape index (κ1) is 18.2. The summed E-state index contributed by atoms with van der Waals surface area (Å²) in [4.78, 5) is 30.5. The van der Waals surface area contributed by atoms with E-state index in [2.05, 4.69) is 4.98 Å². The molecule has 0 unspecified atom stereocenters. The van der Waals surface area contributed by atoms with Crippen molar-refractivity contribution in [3.05, 3.63) is 75.4 Å². The number of hydrogen-bond acceptors (Lipinski definition) is 5. The number of aromatic nitrogens is 3. The van der Waals surface area contributed by atoms with Gasteiger partial charge in [0.25, 0.3) is 5.56 Å². The quantitative estimate of drug-likeness (QED) is 0.484. The van der Waals surface area contributed by atoms with Crippen LogP contribution in [0.25, 0.3) is 15.9 Å². The summed E-state index contributed by atoms with van der Waals surface area (Å²) in [6.07, 6.45) is 1.45. The minimum absolute atomic E-state index is 0.0372. The SMILES string of the molecule is COc1ccc(-n2c(C)cc(C(=O)Cn3cnc4sccc4c3=O)c2C)cc1. The van der Waals surface area contributed by atoms with E-state index < -0.39 is 0 Å². The summed E-state index contributed by atoms with van der Waals surface area (Å²) >= 11 is 1.41. The summed E-state index contributed by atoms with van der Waals surface area (Å²) < 4.78 is 8.61. The van der Waals surface area contributed by atoms with Gasteiger partial charge in [0, 0.05) is 22.6 Å². The fraction of sp³-hybridized carbons (Fsp3) is 0.190. The molecule has 6 nitrogen and oxygen atoms in total. The predicted octanol–water partition coefficient (Wildman–Crippen LogP) is 3.76. The van der Waals surface area contributed by atoms with Crippen LogP contribution in [0.1, 0.15) is 21.7 Å². The molecule has 0 aliphatic rings. The van der Waals surface area contributed by atoms with Gasteiger partial charge in [0.15, 0.2) is 5.78 Å². The van der Waals surface area contributed by atoms with Gasteiger partial charge in [0.2, 0.25) is 0 Å². The highest BCUT2D eigenvalue weighted by atomic mass is 32.1. The predicted molar refractivity (Wildman–Crippen MR) is 110 cm³/mol. The van der Waals surface area contributed by atoms with Gasteiger partial charge in [0.1, 0.15) is 10.6 Å². The Kier molecular flexibility index (Phi) is 4.60. The van der Waals surface area contributed by atoms with Crippen molar-refractivity contribution in [1.82, 2.24) is 14.1 Å². The van der Waals surface area contributed by atoms with Gasteiger partial charge in [-0.1, -0.05) is 0 Å². The van der Waals surface area contributed by atoms with Crippen molar-refractivity contribution in [3.63, 3.8) is 0 Å². The average molecular weight is 393 g/mol. The molecule has 0 bridgehead atoms. The molecular formula is C21H19N3O3S. The summed E-state index contributed by atoms with van der Waals surface area (Å²) in [6.45, 7) is 3.83. The lowest BCUT2D eigenvalue weighted by Gasteiger charge is -2.11. The topological polar surface area (TPSA) is 66.1 Å². The van der Waals surface area contributed by atoms with Crippen LogP contribution in [0.4, 0.5) is 0 Å². The minimum Gasteiger partial charge on any atom is -0.497 e. The van der Waals surface area contributed by atoms with Crippen LogP contribution in [0.3, 0.4) is 0 Å². The van der Waals surface area contributed by atoms with Crippen LogP contribution < -0.4 is 10.3 Å². The Balaban J connectivity index is 1.68. The van der Waals surface area contributed by atoms with Gasteiger partial charge in [-0.25, -0.2) is 4.98 Å². The summed E-state index contributed by atoms with van der Waals surface area (Å²) in [5.41, 5.74) is 3.15. The van der Waals surface area contributed by atoms with E-state index in [0.717, 1.165) is 22.8 Å². The van der Waals surface area contributed by atoms with E-state index in [1.165, 1.54) is 22.2 Å². The molecule has 0 spiro atoms. The van der Waals surface area contributed by atoms with E-state index in [-0.39, 0.29) is 17.9 Å². The number of ketones is 1. The van der Waals surface area contributed by atoms with Gasteiger partial charge >= 0.3 is 0 Å². The van der Waals surface area contributed by atoms with Crippen molar-refractivity contribution in [3.8, 4) is 11.4 Å². The van der Waals surface area contributed by atoms with Crippen LogP contribution in [-0.2, 0) is 6.54 Å². The molecule has 3 heterocycles. The summed E-state index contributed by atoms with van der Waals surface area (Å²) in [6, 6.07) is 11.3. The number of nitrogens with zero attached hydrogens (tertiary/aromatic N) is 3. The van der Waals surface area contributed by atoms with E-state index in [1.807, 2.05) is 54.1 Å². The normalized spacial score (nSPS) is 11.1. The van der Waals surface area contributed by atoms with Gasteiger partial charge in [-0.15, -0.1) is 11.3 Å². The Labute approximate surface area is 165 Å². The molecule has 4 aromatic rings. The van der Waals surface area contributed by atoms with E-state index in [4.69, 9.17) is 4.74 Å². The number of aryl methyl sites for hydroxylation is 1. The van der Waals surface area contributed by atoms with Crippen LogP contribution in [0.5, 0.6) is 5.75 Å². The summed E-state index contributed by atoms with van der Waals surface area (Å²) in [7, 11) is 1.63. The number of fused-ring (bicyclic) bond motifs is 1. The van der Waals surface area contributed by atoms with Gasteiger partial charge in [-0.05, 0) is 55.6 Å². The molecule has 1 aromatic carbocycles. The molecule has 4 rings (SSSR count). The summed E-state index contributed by atoms with van der Waals surface area (Å²) in [5, 5.41) is 2.37. The highest BCUT2D eigenvalue weighted by molar-refractivity contribution is 7.16. The minimum atomic E-state index is -0.191. The van der Waals surface area contributed by atoms with Crippen LogP contribution >= 0.6 is 11.3 Å². The van der Waals surface area contributed by atoms with Crippen molar-refractivity contribution < 1.29 is 9.53 Å². The first-order valence-electron chi connectivity index (χ1n) is 8.79. The molecule has 7 heteroatoms. The van der Waals surface area contributed by atoms with E-state index in [0.29, 0.717) is 15.8 Å². The maximum absolute atomic E-state index is 12.9. The summed E-state index contributed by atoms with van der Waals surface area (Å²) in [5.74, 6) is 0.657. The Hall–Kier alpha value is -3.19. The Bertz CT molecular complexity index is 1230. The number of benzene rings is 1. The number of rotatable bonds is 5. The standard InChI is InChI=1S/C21H19N3O3S/c1-13-10-18(14(2)24(13)15-4-6-16(27-3)7-5-15)19(25)11-23-12-22-20-17(21(23)26)8-9-28-20/h4-10,12H,11H2,1-3H3. The lowest BCUT2D eigenvalue weighted by molar-refractivity contribution is 0.0970. The zero-order valence-corrected chi connectivity index (χ0v) is 16.6. The fourth-order valence-electron chi connectivity index (χ4n) is 3.42. The van der Waals surface area contributed by atoms with Crippen molar-refractivity contribution in [2.45, 2.75) is 20.4 Å². The second-order valence-corrected chi connectivity index (χ2v) is 7.45. The monoisotopic (exact) mass is 393 g/mol. The van der Waals surface area contributed by atoms with Crippen molar-refractivity contribution in [1.29, 1.82) is 0 Å². The maximum Gasteiger partial charge on any atom is 0.262 e. The Morgan fingerprint density at radius 3 is 2.64 bits per heavy atom. The zero-order valence-electron chi connectivity index (χ0n) is 15.8. The number of hydrogen-bond donors (Lipinski definition) is 0. The molecule has 28 heavy (non-hydrogen) atoms. The van der Waals surface area contributed by atoms with E-state index >= 15 is 0 Å². The molecule has 0 N–H and O–H groups in total. The molecular weight excluding hydrogens is 374 g/mol. The van der Waals surface area contributed by atoms with Gasteiger partial charge in [-0.3, -0.25) is 14.2 Å². The van der Waals surface area contributed by atoms with E-state index in [1.54, 1.807) is 13.2 Å². The van der Waals surface area contributed by atoms with Gasteiger partial charge in [0.05, 0.1) is 25.4 Å². The highest BCUT2D eigenvalue weighted by Gasteiger charge is 2.18. The number of methoxy groups -OCH3 is 1. The molecule has 0 fully saturated rings. The molecule has 0 radical (unpaired) electrons. The molecule has 0 aliphatic carbocycles. The largest absolute Gasteiger partial charge is 0.497 e. The number of Topliss-reactive ketones (excluding diaryl/α,β-unsaturated/α-hetero) is 1. The van der Waals surface area contributed by atoms with Crippen LogP contribution in [0.2, 0.25) is 0 Å². The molecule has 0 aliphatic heterocycles. The Morgan fingerprint density at radius 2 is 1.93 bits per heavy atom. The number of thiophene rings is 1. The third kappa shape index (κ3) is 3.03. The molecule has 3 aromatic heterocycles. The molecule has 142 valence electrons. The number of carbonyl (C=O) groups excluding carboxylic acids is 1. The number of carbonyl (C=O) groups is 1. The third-order valence-electron chi connectivity index (χ3n) is 4.83. The smallest absolute Gasteiger partial charge is 0.262 e. The van der Waals surface area contributed by atoms with E-state index in [9.17, 15) is 9.59 Å². The fourth-order valence-corrected chi connectivity index (χ4v) is 4.14. The Morgan fingerprint density at radius 1 is 1.18 bits per heavy atom. The first-order chi connectivity index (χ1) is 13.5. The second-order valence-electron chi connectivity index (χ2n) is 6.56. The van der Waals surface area contributed by atoms with Crippen LogP contribution in [0.15, 0.2) is 52.9 Å². The van der Waals surface area contributed by atoms with Gasteiger partial charge < -0.3 is 9.30 Å². The maximum atomic E-state index is 12.9. The second kappa shape index (κ2) is 7.09. The highest BCUT2D eigenvalue weighted by Crippen LogP contribution is 2.23. The van der Waals surface area contributed by atoms with Crippen molar-refractivity contribution >= 4 is 27.3 Å². The lowest BCUT2D eigenvalue weighted by atomic mass is 10.1. The number of ether oxygens (including phenoxy) is 1. The lowest BCUT2D eigenvalue weighted by Crippen LogP contribution is -2.24. The molecule has 0 saturated heterocycles. The zero-order chi connectivity index (χ0) is 19.8. The van der Waals surface area contributed by atoms with Gasteiger partial charge in [-0.2, -0.15) is 0 Å². The molecule has 0 atom stereocenters. The van der Waals surface area contributed by atoms with Crippen LogP contribution in [0, 0.1) is 13.8 Å². The van der Waals surface area contributed by atoms with Crippen molar-refractivity contribution in [2.75, 3.05) is 7.11 Å². The molecule has 0 saturated carbocycles. The molecule has 0 amide bonds.